The predicted molar refractivity (Wildman–Crippen MR) is 68.2 cm³/mol. The second-order valence-corrected chi connectivity index (χ2v) is 4.32. The van der Waals surface area contributed by atoms with Crippen LogP contribution in [0.5, 0.6) is 5.75 Å². The fourth-order valence-corrected chi connectivity index (χ4v) is 1.49. The van der Waals surface area contributed by atoms with E-state index >= 15 is 0 Å². The third kappa shape index (κ3) is 2.97. The van der Waals surface area contributed by atoms with Gasteiger partial charge in [0.1, 0.15) is 5.75 Å². The molecule has 4 nitrogen and oxygen atoms in total. The van der Waals surface area contributed by atoms with E-state index in [1.165, 1.54) is 18.5 Å². The minimum absolute atomic E-state index is 0.131. The maximum absolute atomic E-state index is 11.7. The van der Waals surface area contributed by atoms with Crippen LogP contribution in [0.25, 0.3) is 0 Å². The van der Waals surface area contributed by atoms with Crippen LogP contribution in [-0.4, -0.2) is 15.9 Å². The SMILES string of the molecule is Cc1cnc(C(=O)Oc2ccc(Cl)c(Cl)c2)cn1. The molecule has 0 saturated carbocycles. The zero-order chi connectivity index (χ0) is 13.1. The van der Waals surface area contributed by atoms with Crippen LogP contribution < -0.4 is 4.74 Å². The van der Waals surface area contributed by atoms with Crippen molar-refractivity contribution in [1.82, 2.24) is 9.97 Å². The normalized spacial score (nSPS) is 10.2. The summed E-state index contributed by atoms with van der Waals surface area (Å²) in [5.41, 5.74) is 0.854. The van der Waals surface area contributed by atoms with Crippen molar-refractivity contribution in [1.29, 1.82) is 0 Å². The first-order chi connectivity index (χ1) is 8.56. The molecular formula is C12H8Cl2N2O2. The molecule has 0 bridgehead atoms. The summed E-state index contributed by atoms with van der Waals surface area (Å²) in [6.07, 6.45) is 2.85. The van der Waals surface area contributed by atoms with Crippen molar-refractivity contribution in [2.45, 2.75) is 6.92 Å². The fraction of sp³-hybridized carbons (Fsp3) is 0.0833. The number of carbonyl (C=O) groups is 1. The van der Waals surface area contributed by atoms with E-state index in [4.69, 9.17) is 27.9 Å². The maximum atomic E-state index is 11.7. The number of benzene rings is 1. The Labute approximate surface area is 114 Å². The minimum Gasteiger partial charge on any atom is -0.422 e. The molecule has 0 aliphatic heterocycles. The summed E-state index contributed by atoms with van der Waals surface area (Å²) in [4.78, 5) is 19.6. The van der Waals surface area contributed by atoms with Gasteiger partial charge in [0, 0.05) is 12.3 Å². The summed E-state index contributed by atoms with van der Waals surface area (Å²) < 4.78 is 5.09. The van der Waals surface area contributed by atoms with Crippen molar-refractivity contribution in [3.63, 3.8) is 0 Å². The van der Waals surface area contributed by atoms with E-state index in [-0.39, 0.29) is 5.69 Å². The van der Waals surface area contributed by atoms with Crippen LogP contribution >= 0.6 is 23.2 Å². The van der Waals surface area contributed by atoms with Gasteiger partial charge in [0.15, 0.2) is 5.69 Å². The lowest BCUT2D eigenvalue weighted by atomic mass is 10.3. The highest BCUT2D eigenvalue weighted by atomic mass is 35.5. The van der Waals surface area contributed by atoms with Crippen LogP contribution in [0.1, 0.15) is 16.2 Å². The zero-order valence-corrected chi connectivity index (χ0v) is 10.9. The van der Waals surface area contributed by atoms with Crippen molar-refractivity contribution in [2.24, 2.45) is 0 Å². The maximum Gasteiger partial charge on any atom is 0.363 e. The summed E-state index contributed by atoms with van der Waals surface area (Å²) in [6.45, 7) is 1.78. The van der Waals surface area contributed by atoms with E-state index in [2.05, 4.69) is 9.97 Å². The summed E-state index contributed by atoms with van der Waals surface area (Å²) in [5.74, 6) is -0.294. The van der Waals surface area contributed by atoms with E-state index < -0.39 is 5.97 Å². The van der Waals surface area contributed by atoms with Gasteiger partial charge >= 0.3 is 5.97 Å². The number of rotatable bonds is 2. The standard InChI is InChI=1S/C12H8Cl2N2O2/c1-7-5-16-11(6-15-7)12(17)18-8-2-3-9(13)10(14)4-8/h2-6H,1H3. The average Bonchev–Trinajstić information content (AvgIpc) is 2.34. The van der Waals surface area contributed by atoms with Crippen molar-refractivity contribution in [3.05, 3.63) is 52.0 Å². The lowest BCUT2D eigenvalue weighted by molar-refractivity contribution is 0.0728. The minimum atomic E-state index is -0.596. The number of hydrogen-bond acceptors (Lipinski definition) is 4. The molecule has 0 aliphatic rings. The lowest BCUT2D eigenvalue weighted by Crippen LogP contribution is -2.11. The molecule has 0 aliphatic carbocycles. The van der Waals surface area contributed by atoms with E-state index in [0.29, 0.717) is 15.8 Å². The van der Waals surface area contributed by atoms with Crippen LogP contribution in [0.15, 0.2) is 30.6 Å². The lowest BCUT2D eigenvalue weighted by Gasteiger charge is -2.04. The topological polar surface area (TPSA) is 52.1 Å². The first kappa shape index (κ1) is 12.8. The molecular weight excluding hydrogens is 275 g/mol. The van der Waals surface area contributed by atoms with Crippen LogP contribution in [0.4, 0.5) is 0 Å². The Morgan fingerprint density at radius 3 is 2.56 bits per heavy atom. The van der Waals surface area contributed by atoms with E-state index in [0.717, 1.165) is 5.69 Å². The molecule has 1 aromatic heterocycles. The molecule has 0 saturated heterocycles. The molecule has 0 spiro atoms. The molecule has 0 unspecified atom stereocenters. The van der Waals surface area contributed by atoms with E-state index in [1.807, 2.05) is 0 Å². The van der Waals surface area contributed by atoms with Gasteiger partial charge < -0.3 is 4.74 Å². The molecule has 0 N–H and O–H groups in total. The van der Waals surface area contributed by atoms with Gasteiger partial charge in [-0.25, -0.2) is 9.78 Å². The highest BCUT2D eigenvalue weighted by Crippen LogP contribution is 2.26. The summed E-state index contributed by atoms with van der Waals surface area (Å²) in [7, 11) is 0. The first-order valence-electron chi connectivity index (χ1n) is 5.02. The van der Waals surface area contributed by atoms with Crippen molar-refractivity contribution in [2.75, 3.05) is 0 Å². The fourth-order valence-electron chi connectivity index (χ4n) is 1.20. The molecule has 92 valence electrons. The Bertz CT molecular complexity index is 585. The Kier molecular flexibility index (Phi) is 3.79. The third-order valence-electron chi connectivity index (χ3n) is 2.09. The smallest absolute Gasteiger partial charge is 0.363 e. The monoisotopic (exact) mass is 282 g/mol. The average molecular weight is 283 g/mol. The quantitative estimate of drug-likeness (QED) is 0.626. The summed E-state index contributed by atoms with van der Waals surface area (Å²) in [6, 6.07) is 4.56. The van der Waals surface area contributed by atoms with E-state index in [9.17, 15) is 4.79 Å². The largest absolute Gasteiger partial charge is 0.422 e. The number of aryl methyl sites for hydroxylation is 1. The van der Waals surface area contributed by atoms with Gasteiger partial charge in [-0.05, 0) is 19.1 Å². The molecule has 0 fully saturated rings. The molecule has 18 heavy (non-hydrogen) atoms. The number of nitrogens with zero attached hydrogens (tertiary/aromatic N) is 2. The molecule has 0 radical (unpaired) electrons. The number of carbonyl (C=O) groups excluding carboxylic acids is 1. The number of hydrogen-bond donors (Lipinski definition) is 0. The summed E-state index contributed by atoms with van der Waals surface area (Å²) in [5, 5.41) is 0.712. The van der Waals surface area contributed by atoms with Gasteiger partial charge in [0.2, 0.25) is 0 Å². The second-order valence-electron chi connectivity index (χ2n) is 3.51. The highest BCUT2D eigenvalue weighted by Gasteiger charge is 2.11. The van der Waals surface area contributed by atoms with Crippen LogP contribution in [0.3, 0.4) is 0 Å². The van der Waals surface area contributed by atoms with Crippen molar-refractivity contribution in [3.8, 4) is 5.75 Å². The molecule has 0 amide bonds. The molecule has 6 heteroatoms. The van der Waals surface area contributed by atoms with Gasteiger partial charge in [-0.3, -0.25) is 4.98 Å². The number of halogens is 2. The third-order valence-corrected chi connectivity index (χ3v) is 2.83. The molecule has 2 rings (SSSR count). The van der Waals surface area contributed by atoms with E-state index in [1.54, 1.807) is 19.1 Å². The second kappa shape index (κ2) is 5.33. The highest BCUT2D eigenvalue weighted by molar-refractivity contribution is 6.42. The number of ether oxygens (including phenoxy) is 1. The van der Waals surface area contributed by atoms with Crippen LogP contribution in [0.2, 0.25) is 10.0 Å². The first-order valence-corrected chi connectivity index (χ1v) is 5.78. The van der Waals surface area contributed by atoms with Crippen molar-refractivity contribution >= 4 is 29.2 Å². The zero-order valence-electron chi connectivity index (χ0n) is 9.35. The van der Waals surface area contributed by atoms with Gasteiger partial charge in [0.25, 0.3) is 0 Å². The van der Waals surface area contributed by atoms with Gasteiger partial charge in [-0.1, -0.05) is 23.2 Å². The van der Waals surface area contributed by atoms with Crippen LogP contribution in [0, 0.1) is 6.92 Å². The molecule has 1 aromatic carbocycles. The van der Waals surface area contributed by atoms with Gasteiger partial charge in [-0.2, -0.15) is 0 Å². The Morgan fingerprint density at radius 2 is 1.94 bits per heavy atom. The molecule has 2 aromatic rings. The number of esters is 1. The van der Waals surface area contributed by atoms with Gasteiger partial charge in [0.05, 0.1) is 21.9 Å². The summed E-state index contributed by atoms with van der Waals surface area (Å²) >= 11 is 11.6. The van der Waals surface area contributed by atoms with Gasteiger partial charge in [-0.15, -0.1) is 0 Å². The Morgan fingerprint density at radius 1 is 1.17 bits per heavy atom. The Balaban J connectivity index is 2.16. The molecule has 1 heterocycles. The molecule has 0 atom stereocenters. The predicted octanol–water partition coefficient (Wildman–Crippen LogP) is 3.31. The van der Waals surface area contributed by atoms with Crippen LogP contribution in [-0.2, 0) is 0 Å². The number of aromatic nitrogens is 2. The Hall–Kier alpha value is -1.65. The van der Waals surface area contributed by atoms with Crippen molar-refractivity contribution < 1.29 is 9.53 Å².